The van der Waals surface area contributed by atoms with Crippen molar-refractivity contribution in [2.75, 3.05) is 13.2 Å². The van der Waals surface area contributed by atoms with E-state index in [0.717, 1.165) is 32.1 Å². The molecule has 0 amide bonds. The summed E-state index contributed by atoms with van der Waals surface area (Å²) in [6, 6.07) is 0.342. The lowest BCUT2D eigenvalue weighted by molar-refractivity contribution is 0.0805. The standard InChI is InChI=1S/C10H16NO/c1-3-5-9-10(6-4-2)12-8-7-11-9/h3-4,9,11H,1-2,5-8H2. The number of ether oxygens (including phenoxy) is 1. The van der Waals surface area contributed by atoms with Crippen LogP contribution in [0, 0.1) is 6.10 Å². The SMILES string of the molecule is C=CC[C]1OCCNC1CC=C. The number of hydrogen-bond donors (Lipinski definition) is 1. The van der Waals surface area contributed by atoms with E-state index < -0.39 is 0 Å². The van der Waals surface area contributed by atoms with E-state index in [0.29, 0.717) is 6.04 Å². The zero-order valence-electron chi connectivity index (χ0n) is 7.38. The Labute approximate surface area is 74.3 Å². The Morgan fingerprint density at radius 1 is 1.50 bits per heavy atom. The molecule has 1 aliphatic heterocycles. The molecule has 0 aromatic heterocycles. The summed E-state index contributed by atoms with van der Waals surface area (Å²) in [5, 5.41) is 3.37. The molecule has 1 heterocycles. The van der Waals surface area contributed by atoms with E-state index in [2.05, 4.69) is 18.5 Å². The molecule has 0 spiro atoms. The van der Waals surface area contributed by atoms with Crippen LogP contribution in [-0.4, -0.2) is 19.2 Å². The van der Waals surface area contributed by atoms with E-state index in [1.54, 1.807) is 0 Å². The summed E-state index contributed by atoms with van der Waals surface area (Å²) in [4.78, 5) is 0. The van der Waals surface area contributed by atoms with Crippen molar-refractivity contribution in [2.24, 2.45) is 0 Å². The van der Waals surface area contributed by atoms with Gasteiger partial charge in [-0.25, -0.2) is 0 Å². The molecule has 1 N–H and O–H groups in total. The molecule has 1 atom stereocenters. The third-order valence-electron chi connectivity index (χ3n) is 1.92. The molecular weight excluding hydrogens is 150 g/mol. The van der Waals surface area contributed by atoms with E-state index in [-0.39, 0.29) is 0 Å². The fourth-order valence-electron chi connectivity index (χ4n) is 1.35. The Bertz CT molecular complexity index is 138. The van der Waals surface area contributed by atoms with Crippen molar-refractivity contribution in [1.82, 2.24) is 5.32 Å². The summed E-state index contributed by atoms with van der Waals surface area (Å²) < 4.78 is 5.52. The molecule has 0 saturated carbocycles. The van der Waals surface area contributed by atoms with Crippen LogP contribution in [0.5, 0.6) is 0 Å². The Morgan fingerprint density at radius 3 is 3.00 bits per heavy atom. The van der Waals surface area contributed by atoms with Gasteiger partial charge in [-0.3, -0.25) is 0 Å². The molecule has 1 radical (unpaired) electrons. The molecule has 0 bridgehead atoms. The first-order valence-electron chi connectivity index (χ1n) is 4.32. The van der Waals surface area contributed by atoms with E-state index in [1.165, 1.54) is 0 Å². The molecule has 2 nitrogen and oxygen atoms in total. The highest BCUT2D eigenvalue weighted by atomic mass is 16.5. The fourth-order valence-corrected chi connectivity index (χ4v) is 1.35. The second-order valence-corrected chi connectivity index (χ2v) is 2.84. The second kappa shape index (κ2) is 5.12. The molecule has 0 aliphatic carbocycles. The highest BCUT2D eigenvalue weighted by molar-refractivity contribution is 5.02. The highest BCUT2D eigenvalue weighted by Crippen LogP contribution is 2.19. The van der Waals surface area contributed by atoms with E-state index >= 15 is 0 Å². The molecule has 12 heavy (non-hydrogen) atoms. The van der Waals surface area contributed by atoms with E-state index in [9.17, 15) is 0 Å². The first kappa shape index (κ1) is 9.49. The smallest absolute Gasteiger partial charge is 0.118 e. The van der Waals surface area contributed by atoms with Crippen LogP contribution in [0.1, 0.15) is 12.8 Å². The van der Waals surface area contributed by atoms with Crippen molar-refractivity contribution in [3.8, 4) is 0 Å². The second-order valence-electron chi connectivity index (χ2n) is 2.84. The van der Waals surface area contributed by atoms with Crippen molar-refractivity contribution in [3.05, 3.63) is 31.4 Å². The largest absolute Gasteiger partial charge is 0.369 e. The summed E-state index contributed by atoms with van der Waals surface area (Å²) in [6.45, 7) is 9.11. The van der Waals surface area contributed by atoms with E-state index in [4.69, 9.17) is 4.74 Å². The van der Waals surface area contributed by atoms with Gasteiger partial charge in [0.25, 0.3) is 0 Å². The number of morpholine rings is 1. The maximum Gasteiger partial charge on any atom is 0.118 e. The third-order valence-corrected chi connectivity index (χ3v) is 1.92. The summed E-state index contributed by atoms with van der Waals surface area (Å²) >= 11 is 0. The summed E-state index contributed by atoms with van der Waals surface area (Å²) in [6.07, 6.45) is 6.65. The number of hydrogen-bond acceptors (Lipinski definition) is 2. The fraction of sp³-hybridized carbons (Fsp3) is 0.500. The van der Waals surface area contributed by atoms with Crippen LogP contribution in [0.25, 0.3) is 0 Å². The minimum Gasteiger partial charge on any atom is -0.369 e. The predicted octanol–water partition coefficient (Wildman–Crippen LogP) is 1.66. The molecule has 1 saturated heterocycles. The Hall–Kier alpha value is -0.600. The normalized spacial score (nSPS) is 25.2. The maximum atomic E-state index is 5.52. The van der Waals surface area contributed by atoms with Gasteiger partial charge in [0, 0.05) is 12.6 Å². The van der Waals surface area contributed by atoms with Crippen LogP contribution in [0.4, 0.5) is 0 Å². The van der Waals surface area contributed by atoms with Crippen LogP contribution in [0.15, 0.2) is 25.3 Å². The van der Waals surface area contributed by atoms with Gasteiger partial charge in [0.15, 0.2) is 0 Å². The summed E-state index contributed by atoms with van der Waals surface area (Å²) in [5.74, 6) is 0. The van der Waals surface area contributed by atoms with Gasteiger partial charge < -0.3 is 10.1 Å². The number of rotatable bonds is 4. The van der Waals surface area contributed by atoms with Crippen LogP contribution in [0.2, 0.25) is 0 Å². The Morgan fingerprint density at radius 2 is 2.33 bits per heavy atom. The van der Waals surface area contributed by atoms with Gasteiger partial charge in [0.05, 0.1) is 6.61 Å². The van der Waals surface area contributed by atoms with E-state index in [1.807, 2.05) is 12.2 Å². The quantitative estimate of drug-likeness (QED) is 0.641. The average molecular weight is 166 g/mol. The molecular formula is C10H16NO. The van der Waals surface area contributed by atoms with Gasteiger partial charge in [-0.1, -0.05) is 12.2 Å². The third kappa shape index (κ3) is 2.47. The lowest BCUT2D eigenvalue weighted by Gasteiger charge is -2.30. The molecule has 1 unspecified atom stereocenters. The van der Waals surface area contributed by atoms with Crippen molar-refractivity contribution < 1.29 is 4.74 Å². The van der Waals surface area contributed by atoms with Crippen molar-refractivity contribution in [1.29, 1.82) is 0 Å². The van der Waals surface area contributed by atoms with Gasteiger partial charge in [0.1, 0.15) is 6.10 Å². The molecule has 1 aliphatic rings. The molecule has 0 aromatic carbocycles. The summed E-state index contributed by atoms with van der Waals surface area (Å²) in [7, 11) is 0. The van der Waals surface area contributed by atoms with Gasteiger partial charge in [-0.15, -0.1) is 13.2 Å². The first-order valence-corrected chi connectivity index (χ1v) is 4.32. The molecule has 67 valence electrons. The zero-order chi connectivity index (χ0) is 8.81. The minimum absolute atomic E-state index is 0.342. The molecule has 1 rings (SSSR count). The maximum absolute atomic E-state index is 5.52. The lowest BCUT2D eigenvalue weighted by Crippen LogP contribution is -2.43. The topological polar surface area (TPSA) is 21.3 Å². The molecule has 0 aromatic rings. The van der Waals surface area contributed by atoms with Crippen LogP contribution in [-0.2, 0) is 4.74 Å². The van der Waals surface area contributed by atoms with Crippen LogP contribution < -0.4 is 5.32 Å². The average Bonchev–Trinajstić information content (AvgIpc) is 2.09. The Kier molecular flexibility index (Phi) is 4.05. The zero-order valence-corrected chi connectivity index (χ0v) is 7.38. The molecule has 1 fully saturated rings. The first-order chi connectivity index (χ1) is 5.88. The number of nitrogens with one attached hydrogen (secondary N) is 1. The predicted molar refractivity (Wildman–Crippen MR) is 50.6 cm³/mol. The molecule has 2 heteroatoms. The highest BCUT2D eigenvalue weighted by Gasteiger charge is 2.23. The monoisotopic (exact) mass is 166 g/mol. The van der Waals surface area contributed by atoms with Gasteiger partial charge >= 0.3 is 0 Å². The lowest BCUT2D eigenvalue weighted by atomic mass is 10.0. The summed E-state index contributed by atoms with van der Waals surface area (Å²) in [5.41, 5.74) is 0. The van der Waals surface area contributed by atoms with Gasteiger partial charge in [-0.05, 0) is 12.8 Å². The van der Waals surface area contributed by atoms with Crippen LogP contribution >= 0.6 is 0 Å². The van der Waals surface area contributed by atoms with Crippen molar-refractivity contribution in [2.45, 2.75) is 18.9 Å². The van der Waals surface area contributed by atoms with Gasteiger partial charge in [0.2, 0.25) is 0 Å². The van der Waals surface area contributed by atoms with Crippen molar-refractivity contribution in [3.63, 3.8) is 0 Å². The van der Waals surface area contributed by atoms with Gasteiger partial charge in [-0.2, -0.15) is 0 Å². The Balaban J connectivity index is 2.41. The van der Waals surface area contributed by atoms with Crippen molar-refractivity contribution >= 4 is 0 Å². The van der Waals surface area contributed by atoms with Crippen LogP contribution in [0.3, 0.4) is 0 Å². The minimum atomic E-state index is 0.342.